The second-order valence-corrected chi connectivity index (χ2v) is 5.54. The van der Waals surface area contributed by atoms with Gasteiger partial charge in [-0.2, -0.15) is 0 Å². The molecule has 0 bridgehead atoms. The fraction of sp³-hybridized carbons (Fsp3) is 0.375. The highest BCUT2D eigenvalue weighted by Gasteiger charge is 2.41. The van der Waals surface area contributed by atoms with Gasteiger partial charge in [0.1, 0.15) is 11.9 Å². The van der Waals surface area contributed by atoms with Gasteiger partial charge in [-0.3, -0.25) is 4.90 Å². The molecule has 2 aromatic rings. The Labute approximate surface area is 123 Å². The Morgan fingerprint density at radius 1 is 1.19 bits per heavy atom. The van der Waals surface area contributed by atoms with Gasteiger partial charge >= 0.3 is 0 Å². The molecule has 0 saturated carbocycles. The molecule has 0 spiro atoms. The van der Waals surface area contributed by atoms with Gasteiger partial charge in [-0.25, -0.2) is 9.97 Å². The van der Waals surface area contributed by atoms with Crippen LogP contribution in [0.5, 0.6) is 0 Å². The van der Waals surface area contributed by atoms with Crippen molar-refractivity contribution in [1.82, 2.24) is 14.9 Å². The molecular formula is C16H19N3O2. The van der Waals surface area contributed by atoms with Crippen LogP contribution in [-0.2, 0) is 12.1 Å². The number of aromatic nitrogens is 2. The lowest BCUT2D eigenvalue weighted by Gasteiger charge is -2.42. The van der Waals surface area contributed by atoms with Crippen molar-refractivity contribution in [3.63, 3.8) is 0 Å². The van der Waals surface area contributed by atoms with Crippen LogP contribution in [0.2, 0.25) is 0 Å². The summed E-state index contributed by atoms with van der Waals surface area (Å²) in [4.78, 5) is 10.1. The van der Waals surface area contributed by atoms with Gasteiger partial charge in [-0.1, -0.05) is 30.3 Å². The number of aliphatic hydroxyl groups excluding tert-OH is 1. The smallest absolute Gasteiger partial charge is 0.118 e. The Morgan fingerprint density at radius 2 is 1.90 bits per heavy atom. The predicted molar refractivity (Wildman–Crippen MR) is 78.3 cm³/mol. The van der Waals surface area contributed by atoms with E-state index in [0.717, 1.165) is 17.7 Å². The van der Waals surface area contributed by atoms with E-state index in [9.17, 15) is 10.2 Å². The van der Waals surface area contributed by atoms with E-state index < -0.39 is 11.7 Å². The largest absolute Gasteiger partial charge is 0.388 e. The van der Waals surface area contributed by atoms with Crippen LogP contribution in [-0.4, -0.2) is 44.3 Å². The summed E-state index contributed by atoms with van der Waals surface area (Å²) in [5, 5.41) is 21.2. The van der Waals surface area contributed by atoms with Crippen molar-refractivity contribution in [3.05, 3.63) is 60.2 Å². The maximum absolute atomic E-state index is 10.8. The fourth-order valence-electron chi connectivity index (χ4n) is 2.86. The van der Waals surface area contributed by atoms with E-state index in [0.29, 0.717) is 19.5 Å². The number of rotatable bonds is 3. The molecule has 1 aromatic heterocycles. The summed E-state index contributed by atoms with van der Waals surface area (Å²) in [5.41, 5.74) is 0.625. The molecule has 0 amide bonds. The molecule has 5 heteroatoms. The topological polar surface area (TPSA) is 69.5 Å². The van der Waals surface area contributed by atoms with Crippen LogP contribution in [0.1, 0.15) is 17.5 Å². The minimum atomic E-state index is -1.16. The maximum Gasteiger partial charge on any atom is 0.118 e. The van der Waals surface area contributed by atoms with E-state index in [1.165, 1.54) is 6.33 Å². The molecule has 1 aliphatic rings. The third-order valence-corrected chi connectivity index (χ3v) is 4.09. The van der Waals surface area contributed by atoms with E-state index in [2.05, 4.69) is 14.9 Å². The van der Waals surface area contributed by atoms with Gasteiger partial charge in [0.2, 0.25) is 0 Å². The quantitative estimate of drug-likeness (QED) is 0.878. The van der Waals surface area contributed by atoms with Crippen molar-refractivity contribution in [2.75, 3.05) is 13.1 Å². The average molecular weight is 285 g/mol. The van der Waals surface area contributed by atoms with Crippen LogP contribution in [0.4, 0.5) is 0 Å². The highest BCUT2D eigenvalue weighted by Crippen LogP contribution is 2.33. The number of likely N-dealkylation sites (tertiary alicyclic amines) is 1. The summed E-state index contributed by atoms with van der Waals surface area (Å²) in [6.07, 6.45) is 4.75. The Morgan fingerprint density at radius 3 is 2.57 bits per heavy atom. The van der Waals surface area contributed by atoms with Crippen molar-refractivity contribution < 1.29 is 10.2 Å². The van der Waals surface area contributed by atoms with E-state index in [1.807, 2.05) is 30.3 Å². The molecule has 5 nitrogen and oxygen atoms in total. The molecule has 1 aromatic carbocycles. The highest BCUT2D eigenvalue weighted by atomic mass is 16.3. The average Bonchev–Trinajstić information content (AvgIpc) is 2.53. The van der Waals surface area contributed by atoms with Crippen LogP contribution in [0, 0.1) is 0 Å². The molecule has 1 fully saturated rings. The predicted octanol–water partition coefficient (Wildman–Crippen LogP) is 0.931. The molecule has 21 heavy (non-hydrogen) atoms. The Kier molecular flexibility index (Phi) is 3.96. The van der Waals surface area contributed by atoms with E-state index in [-0.39, 0.29) is 0 Å². The van der Waals surface area contributed by atoms with Gasteiger partial charge in [-0.05, 0) is 12.0 Å². The van der Waals surface area contributed by atoms with Crippen molar-refractivity contribution >= 4 is 0 Å². The molecule has 0 radical (unpaired) electrons. The first-order valence-electron chi connectivity index (χ1n) is 7.11. The second kappa shape index (κ2) is 5.89. The molecule has 2 N–H and O–H groups in total. The van der Waals surface area contributed by atoms with Crippen molar-refractivity contribution in [2.24, 2.45) is 0 Å². The first-order valence-corrected chi connectivity index (χ1v) is 7.11. The summed E-state index contributed by atoms with van der Waals surface area (Å²) in [7, 11) is 0. The number of hydrogen-bond acceptors (Lipinski definition) is 5. The molecule has 110 valence electrons. The SMILES string of the molecule is O[C@H]1CN(Cc2cncnc2)CC[C@]1(O)c1ccccc1. The number of β-amino-alcohol motifs (C(OH)–C–C–N with tert-alkyl or cyclic N) is 1. The van der Waals surface area contributed by atoms with Crippen molar-refractivity contribution in [2.45, 2.75) is 24.7 Å². The third-order valence-electron chi connectivity index (χ3n) is 4.09. The minimum Gasteiger partial charge on any atom is -0.388 e. The van der Waals surface area contributed by atoms with Crippen LogP contribution in [0.3, 0.4) is 0 Å². The summed E-state index contributed by atoms with van der Waals surface area (Å²) in [5.74, 6) is 0. The first-order chi connectivity index (χ1) is 10.2. The van der Waals surface area contributed by atoms with Crippen LogP contribution >= 0.6 is 0 Å². The lowest BCUT2D eigenvalue weighted by Crippen LogP contribution is -2.53. The molecule has 3 rings (SSSR count). The summed E-state index contributed by atoms with van der Waals surface area (Å²) in [6.45, 7) is 1.83. The molecule has 2 atom stereocenters. The van der Waals surface area contributed by atoms with Crippen molar-refractivity contribution in [1.29, 1.82) is 0 Å². The molecule has 0 aliphatic carbocycles. The number of benzene rings is 1. The fourth-order valence-corrected chi connectivity index (χ4v) is 2.86. The number of aliphatic hydroxyl groups is 2. The second-order valence-electron chi connectivity index (χ2n) is 5.54. The molecule has 1 saturated heterocycles. The zero-order chi connectivity index (χ0) is 14.7. The Bertz CT molecular complexity index is 579. The third kappa shape index (κ3) is 2.95. The summed E-state index contributed by atoms with van der Waals surface area (Å²) < 4.78 is 0. The van der Waals surface area contributed by atoms with Crippen LogP contribution in [0.25, 0.3) is 0 Å². The Balaban J connectivity index is 1.70. The summed E-state index contributed by atoms with van der Waals surface area (Å²) in [6, 6.07) is 9.40. The molecule has 0 unspecified atom stereocenters. The lowest BCUT2D eigenvalue weighted by atomic mass is 9.82. The molecular weight excluding hydrogens is 266 g/mol. The lowest BCUT2D eigenvalue weighted by molar-refractivity contribution is -0.126. The van der Waals surface area contributed by atoms with E-state index >= 15 is 0 Å². The van der Waals surface area contributed by atoms with Gasteiger partial charge in [-0.15, -0.1) is 0 Å². The van der Waals surface area contributed by atoms with E-state index in [1.54, 1.807) is 12.4 Å². The number of hydrogen-bond donors (Lipinski definition) is 2. The normalized spacial score (nSPS) is 26.7. The van der Waals surface area contributed by atoms with Gasteiger partial charge in [0.05, 0.1) is 6.10 Å². The van der Waals surface area contributed by atoms with E-state index in [4.69, 9.17) is 0 Å². The van der Waals surface area contributed by atoms with Gasteiger partial charge in [0.25, 0.3) is 0 Å². The van der Waals surface area contributed by atoms with Gasteiger partial charge < -0.3 is 10.2 Å². The molecule has 1 aliphatic heterocycles. The van der Waals surface area contributed by atoms with Crippen molar-refractivity contribution in [3.8, 4) is 0 Å². The zero-order valence-electron chi connectivity index (χ0n) is 11.8. The maximum atomic E-state index is 10.8. The first kappa shape index (κ1) is 14.1. The monoisotopic (exact) mass is 285 g/mol. The minimum absolute atomic E-state index is 0.431. The number of nitrogens with zero attached hydrogens (tertiary/aromatic N) is 3. The Hall–Kier alpha value is -1.82. The highest BCUT2D eigenvalue weighted by molar-refractivity contribution is 5.25. The van der Waals surface area contributed by atoms with Crippen LogP contribution in [0.15, 0.2) is 49.1 Å². The van der Waals surface area contributed by atoms with Gasteiger partial charge in [0.15, 0.2) is 0 Å². The van der Waals surface area contributed by atoms with Gasteiger partial charge in [0, 0.05) is 37.6 Å². The summed E-state index contributed by atoms with van der Waals surface area (Å²) >= 11 is 0. The molecule has 2 heterocycles. The zero-order valence-corrected chi connectivity index (χ0v) is 11.8. The standard InChI is InChI=1S/C16H19N3O2/c20-15-11-19(10-13-8-17-12-18-9-13)7-6-16(15,21)14-4-2-1-3-5-14/h1-5,8-9,12,15,20-21H,6-7,10-11H2/t15-,16-/m0/s1. The number of piperidine rings is 1. The van der Waals surface area contributed by atoms with Crippen LogP contribution < -0.4 is 0 Å².